The summed E-state index contributed by atoms with van der Waals surface area (Å²) in [4.78, 5) is 1.36. The molecule has 0 saturated carbocycles. The molecule has 2 rings (SSSR count). The second-order valence-corrected chi connectivity index (χ2v) is 6.76. The van der Waals surface area contributed by atoms with E-state index in [2.05, 4.69) is 75.4 Å². The summed E-state index contributed by atoms with van der Waals surface area (Å²) in [5.41, 5.74) is 2.83. The summed E-state index contributed by atoms with van der Waals surface area (Å²) >= 11 is 1.92. The Balaban J connectivity index is 2.20. The molecule has 0 aromatic heterocycles. The van der Waals surface area contributed by atoms with Crippen LogP contribution in [0.25, 0.3) is 0 Å². The predicted molar refractivity (Wildman–Crippen MR) is 89.4 cm³/mol. The summed E-state index contributed by atoms with van der Waals surface area (Å²) in [5, 5.41) is 0.641. The fourth-order valence-electron chi connectivity index (χ4n) is 2.40. The van der Waals surface area contributed by atoms with Gasteiger partial charge in [-0.1, -0.05) is 80.5 Å². The van der Waals surface area contributed by atoms with Crippen LogP contribution in [-0.2, 0) is 0 Å². The Morgan fingerprint density at radius 3 is 2.00 bits per heavy atom. The van der Waals surface area contributed by atoms with E-state index in [1.807, 2.05) is 11.8 Å². The Labute approximate surface area is 121 Å². The molecule has 0 aliphatic rings. The lowest BCUT2D eigenvalue weighted by molar-refractivity contribution is 1.11. The van der Waals surface area contributed by atoms with Crippen LogP contribution in [0, 0.1) is 0 Å². The Morgan fingerprint density at radius 2 is 1.47 bits per heavy atom. The van der Waals surface area contributed by atoms with Gasteiger partial charge in [-0.3, -0.25) is 0 Å². The highest BCUT2D eigenvalue weighted by atomic mass is 32.2. The van der Waals surface area contributed by atoms with E-state index in [0.29, 0.717) is 12.0 Å². The Bertz CT molecular complexity index is 490. The first-order valence-electron chi connectivity index (χ1n) is 7.02. The van der Waals surface area contributed by atoms with Gasteiger partial charge >= 0.3 is 0 Å². The lowest BCUT2D eigenvalue weighted by atomic mass is 9.39. The van der Waals surface area contributed by atoms with Crippen molar-refractivity contribution in [2.24, 2.45) is 0 Å². The van der Waals surface area contributed by atoms with Crippen LogP contribution in [0.3, 0.4) is 0 Å². The highest BCUT2D eigenvalue weighted by Crippen LogP contribution is 2.21. The molecule has 0 fully saturated rings. The molecule has 19 heavy (non-hydrogen) atoms. The smallest absolute Gasteiger partial charge is 0.123 e. The summed E-state index contributed by atoms with van der Waals surface area (Å²) in [6.45, 7) is 7.24. The average molecular weight is 268 g/mol. The van der Waals surface area contributed by atoms with Gasteiger partial charge in [-0.2, -0.15) is 0 Å². The third kappa shape index (κ3) is 3.91. The van der Waals surface area contributed by atoms with E-state index in [-0.39, 0.29) is 0 Å². The first-order valence-corrected chi connectivity index (χ1v) is 7.90. The van der Waals surface area contributed by atoms with Crippen LogP contribution in [0.2, 0.25) is 6.32 Å². The Morgan fingerprint density at radius 1 is 0.895 bits per heavy atom. The van der Waals surface area contributed by atoms with E-state index >= 15 is 0 Å². The molecule has 0 unspecified atom stereocenters. The minimum atomic E-state index is 0.513. The zero-order valence-corrected chi connectivity index (χ0v) is 12.8. The van der Waals surface area contributed by atoms with E-state index in [9.17, 15) is 0 Å². The monoisotopic (exact) mass is 268 g/mol. The zero-order chi connectivity index (χ0) is 13.7. The van der Waals surface area contributed by atoms with Gasteiger partial charge in [-0.15, -0.1) is 11.8 Å². The van der Waals surface area contributed by atoms with Crippen molar-refractivity contribution in [1.29, 1.82) is 0 Å². The van der Waals surface area contributed by atoms with Gasteiger partial charge in [0.2, 0.25) is 6.71 Å². The van der Waals surface area contributed by atoms with E-state index in [4.69, 9.17) is 0 Å². The standard InChI is InChI=1S/C17H21BS/c1-4-18(15-8-6-5-7-9-15)16-10-12-17(13-11-16)19-14(2)3/h5-14H,4H2,1-3H3. The molecule has 0 atom stereocenters. The summed E-state index contributed by atoms with van der Waals surface area (Å²) in [5.74, 6) is 0. The van der Waals surface area contributed by atoms with Crippen molar-refractivity contribution in [1.82, 2.24) is 0 Å². The quantitative estimate of drug-likeness (QED) is 0.587. The zero-order valence-electron chi connectivity index (χ0n) is 12.0. The van der Waals surface area contributed by atoms with Crippen molar-refractivity contribution in [3.63, 3.8) is 0 Å². The molecular weight excluding hydrogens is 247 g/mol. The van der Waals surface area contributed by atoms with Crippen LogP contribution in [0.4, 0.5) is 0 Å². The van der Waals surface area contributed by atoms with E-state index in [0.717, 1.165) is 6.32 Å². The summed E-state index contributed by atoms with van der Waals surface area (Å²) in [6.07, 6.45) is 1.14. The molecular formula is C17H21BS. The van der Waals surface area contributed by atoms with Gasteiger partial charge in [0.25, 0.3) is 0 Å². The SMILES string of the molecule is CCB(c1ccccc1)c1ccc(SC(C)C)cc1. The van der Waals surface area contributed by atoms with Gasteiger partial charge in [0.1, 0.15) is 0 Å². The fraction of sp³-hybridized carbons (Fsp3) is 0.294. The molecule has 0 aliphatic heterocycles. The van der Waals surface area contributed by atoms with Gasteiger partial charge < -0.3 is 0 Å². The lowest BCUT2D eigenvalue weighted by Crippen LogP contribution is -2.41. The second kappa shape index (κ2) is 6.86. The summed E-state index contributed by atoms with van der Waals surface area (Å²) in [6, 6.07) is 19.9. The third-order valence-corrected chi connectivity index (χ3v) is 4.28. The predicted octanol–water partition coefficient (Wildman–Crippen LogP) is 3.82. The average Bonchev–Trinajstić information content (AvgIpc) is 2.42. The molecule has 0 aliphatic carbocycles. The molecule has 0 radical (unpaired) electrons. The maximum Gasteiger partial charge on any atom is 0.209 e. The maximum atomic E-state index is 2.28. The van der Waals surface area contributed by atoms with Crippen molar-refractivity contribution >= 4 is 29.4 Å². The number of hydrogen-bond donors (Lipinski definition) is 0. The molecule has 0 spiro atoms. The van der Waals surface area contributed by atoms with Gasteiger partial charge in [0.15, 0.2) is 0 Å². The first kappa shape index (κ1) is 14.3. The van der Waals surface area contributed by atoms with Crippen molar-refractivity contribution < 1.29 is 0 Å². The first-order chi connectivity index (χ1) is 9.20. The van der Waals surface area contributed by atoms with Gasteiger partial charge in [0, 0.05) is 10.1 Å². The molecule has 2 aromatic carbocycles. The van der Waals surface area contributed by atoms with E-state index < -0.39 is 0 Å². The third-order valence-electron chi connectivity index (χ3n) is 3.26. The topological polar surface area (TPSA) is 0 Å². The molecule has 0 amide bonds. The minimum absolute atomic E-state index is 0.513. The van der Waals surface area contributed by atoms with Crippen LogP contribution in [0.5, 0.6) is 0 Å². The largest absolute Gasteiger partial charge is 0.209 e. The molecule has 0 nitrogen and oxygen atoms in total. The second-order valence-electron chi connectivity index (χ2n) is 5.11. The Kier molecular flexibility index (Phi) is 5.15. The highest BCUT2D eigenvalue weighted by Gasteiger charge is 2.16. The Hall–Kier alpha value is -1.15. The summed E-state index contributed by atoms with van der Waals surface area (Å²) < 4.78 is 0. The van der Waals surface area contributed by atoms with E-state index in [1.165, 1.54) is 15.8 Å². The van der Waals surface area contributed by atoms with Crippen molar-refractivity contribution in [3.8, 4) is 0 Å². The lowest BCUT2D eigenvalue weighted by Gasteiger charge is -2.13. The van der Waals surface area contributed by atoms with Crippen molar-refractivity contribution in [2.75, 3.05) is 0 Å². The molecule has 0 saturated heterocycles. The van der Waals surface area contributed by atoms with Crippen LogP contribution >= 0.6 is 11.8 Å². The number of benzene rings is 2. The molecule has 0 bridgehead atoms. The molecule has 0 N–H and O–H groups in total. The minimum Gasteiger partial charge on any atom is -0.123 e. The number of hydrogen-bond acceptors (Lipinski definition) is 1. The van der Waals surface area contributed by atoms with Crippen LogP contribution in [-0.4, -0.2) is 12.0 Å². The molecule has 2 heteroatoms. The highest BCUT2D eigenvalue weighted by molar-refractivity contribution is 7.99. The van der Waals surface area contributed by atoms with Crippen LogP contribution in [0.1, 0.15) is 20.8 Å². The van der Waals surface area contributed by atoms with Crippen LogP contribution < -0.4 is 10.9 Å². The normalized spacial score (nSPS) is 10.7. The molecule has 98 valence electrons. The number of rotatable bonds is 5. The number of thioether (sulfide) groups is 1. The van der Waals surface area contributed by atoms with Gasteiger partial charge in [-0.25, -0.2) is 0 Å². The van der Waals surface area contributed by atoms with Gasteiger partial charge in [0.05, 0.1) is 0 Å². The molecule has 0 heterocycles. The van der Waals surface area contributed by atoms with E-state index in [1.54, 1.807) is 0 Å². The van der Waals surface area contributed by atoms with Gasteiger partial charge in [-0.05, 0) is 12.1 Å². The molecule has 2 aromatic rings. The summed E-state index contributed by atoms with van der Waals surface area (Å²) in [7, 11) is 0. The van der Waals surface area contributed by atoms with Crippen molar-refractivity contribution in [3.05, 3.63) is 54.6 Å². The maximum absolute atomic E-state index is 2.28. The fourth-order valence-corrected chi connectivity index (χ4v) is 3.24. The van der Waals surface area contributed by atoms with Crippen LogP contribution in [0.15, 0.2) is 59.5 Å². The van der Waals surface area contributed by atoms with Crippen molar-refractivity contribution in [2.45, 2.75) is 37.2 Å².